The van der Waals surface area contributed by atoms with Crippen molar-refractivity contribution in [3.05, 3.63) is 23.8 Å². The van der Waals surface area contributed by atoms with Crippen molar-refractivity contribution in [2.75, 3.05) is 23.8 Å². The van der Waals surface area contributed by atoms with Crippen molar-refractivity contribution in [1.29, 1.82) is 0 Å². The topological polar surface area (TPSA) is 15.3 Å². The van der Waals surface area contributed by atoms with Crippen molar-refractivity contribution >= 4 is 11.4 Å². The molecule has 1 atom stereocenters. The van der Waals surface area contributed by atoms with Crippen LogP contribution in [0, 0.1) is 0 Å². The molecular formula is C14H22N2. The van der Waals surface area contributed by atoms with Crippen LogP contribution >= 0.6 is 0 Å². The molecule has 1 unspecified atom stereocenters. The van der Waals surface area contributed by atoms with E-state index in [2.05, 4.69) is 56.2 Å². The maximum absolute atomic E-state index is 3.58. The number of hydrogen-bond acceptors (Lipinski definition) is 2. The molecule has 2 heteroatoms. The van der Waals surface area contributed by atoms with Gasteiger partial charge in [-0.15, -0.1) is 0 Å². The fourth-order valence-electron chi connectivity index (χ4n) is 2.19. The number of nitrogens with zero attached hydrogens (tertiary/aromatic N) is 1. The molecular weight excluding hydrogens is 196 g/mol. The molecule has 16 heavy (non-hydrogen) atoms. The third kappa shape index (κ3) is 2.16. The van der Waals surface area contributed by atoms with Crippen molar-refractivity contribution in [1.82, 2.24) is 0 Å². The molecule has 0 bridgehead atoms. The molecule has 0 aromatic heterocycles. The van der Waals surface area contributed by atoms with Crippen LogP contribution in [-0.2, 0) is 0 Å². The summed E-state index contributed by atoms with van der Waals surface area (Å²) in [6.45, 7) is 7.87. The minimum atomic E-state index is 0.564. The third-order valence-electron chi connectivity index (χ3n) is 3.40. The summed E-state index contributed by atoms with van der Waals surface area (Å²) >= 11 is 0. The Balaban J connectivity index is 2.39. The maximum Gasteiger partial charge on any atom is 0.0602 e. The monoisotopic (exact) mass is 218 g/mol. The molecule has 88 valence electrons. The molecule has 0 fully saturated rings. The predicted molar refractivity (Wildman–Crippen MR) is 71.5 cm³/mol. The highest BCUT2D eigenvalue weighted by molar-refractivity contribution is 5.72. The second-order valence-electron chi connectivity index (χ2n) is 5.19. The van der Waals surface area contributed by atoms with E-state index in [9.17, 15) is 0 Å². The standard InChI is InChI=1S/C14H22N2/c1-10(2)12-5-6-13-14(9-12)16(4)8-7-11(3)15-13/h5-6,9-11,15H,7-8H2,1-4H3. The lowest BCUT2D eigenvalue weighted by Crippen LogP contribution is -2.20. The second-order valence-corrected chi connectivity index (χ2v) is 5.19. The molecule has 2 nitrogen and oxygen atoms in total. The molecule has 1 aromatic carbocycles. The molecule has 2 rings (SSSR count). The van der Waals surface area contributed by atoms with Gasteiger partial charge in [0, 0.05) is 19.6 Å². The zero-order valence-corrected chi connectivity index (χ0v) is 10.7. The van der Waals surface area contributed by atoms with Crippen LogP contribution in [0.15, 0.2) is 18.2 Å². The molecule has 0 radical (unpaired) electrons. The largest absolute Gasteiger partial charge is 0.381 e. The molecule has 0 aliphatic carbocycles. The van der Waals surface area contributed by atoms with Crippen molar-refractivity contribution in [2.45, 2.75) is 39.2 Å². The van der Waals surface area contributed by atoms with E-state index in [1.807, 2.05) is 0 Å². The van der Waals surface area contributed by atoms with E-state index in [-0.39, 0.29) is 0 Å². The summed E-state index contributed by atoms with van der Waals surface area (Å²) < 4.78 is 0. The Kier molecular flexibility index (Phi) is 3.08. The molecule has 1 aliphatic heterocycles. The van der Waals surface area contributed by atoms with E-state index in [4.69, 9.17) is 0 Å². The van der Waals surface area contributed by atoms with Crippen LogP contribution in [0.25, 0.3) is 0 Å². The first kappa shape index (κ1) is 11.3. The van der Waals surface area contributed by atoms with Gasteiger partial charge in [-0.25, -0.2) is 0 Å². The summed E-state index contributed by atoms with van der Waals surface area (Å²) in [6.07, 6.45) is 1.20. The van der Waals surface area contributed by atoms with Crippen molar-refractivity contribution < 1.29 is 0 Å². The predicted octanol–water partition coefficient (Wildman–Crippen LogP) is 3.45. The van der Waals surface area contributed by atoms with Gasteiger partial charge in [-0.3, -0.25) is 0 Å². The van der Waals surface area contributed by atoms with Gasteiger partial charge in [0.1, 0.15) is 0 Å². The van der Waals surface area contributed by atoms with Gasteiger partial charge in [0.05, 0.1) is 11.4 Å². The Morgan fingerprint density at radius 1 is 1.38 bits per heavy atom. The molecule has 0 saturated heterocycles. The van der Waals surface area contributed by atoms with Crippen LogP contribution in [0.5, 0.6) is 0 Å². The fraction of sp³-hybridized carbons (Fsp3) is 0.571. The highest BCUT2D eigenvalue weighted by Crippen LogP contribution is 2.32. The van der Waals surface area contributed by atoms with Crippen LogP contribution in [-0.4, -0.2) is 19.6 Å². The van der Waals surface area contributed by atoms with E-state index in [0.29, 0.717) is 12.0 Å². The van der Waals surface area contributed by atoms with E-state index >= 15 is 0 Å². The minimum absolute atomic E-state index is 0.564. The van der Waals surface area contributed by atoms with Crippen LogP contribution in [0.2, 0.25) is 0 Å². The smallest absolute Gasteiger partial charge is 0.0602 e. The highest BCUT2D eigenvalue weighted by Gasteiger charge is 2.16. The van der Waals surface area contributed by atoms with Crippen LogP contribution in [0.4, 0.5) is 11.4 Å². The van der Waals surface area contributed by atoms with Gasteiger partial charge in [-0.05, 0) is 37.0 Å². The Labute approximate surface area is 98.7 Å². The number of anilines is 2. The van der Waals surface area contributed by atoms with E-state index < -0.39 is 0 Å². The average molecular weight is 218 g/mol. The molecule has 1 heterocycles. The quantitative estimate of drug-likeness (QED) is 0.776. The molecule has 0 amide bonds. The number of benzene rings is 1. The minimum Gasteiger partial charge on any atom is -0.381 e. The first-order valence-corrected chi connectivity index (χ1v) is 6.19. The van der Waals surface area contributed by atoms with Gasteiger partial charge >= 0.3 is 0 Å². The van der Waals surface area contributed by atoms with E-state index in [0.717, 1.165) is 6.54 Å². The van der Waals surface area contributed by atoms with Crippen LogP contribution in [0.1, 0.15) is 38.7 Å². The van der Waals surface area contributed by atoms with Crippen LogP contribution in [0.3, 0.4) is 0 Å². The van der Waals surface area contributed by atoms with Crippen LogP contribution < -0.4 is 10.2 Å². The lowest BCUT2D eigenvalue weighted by Gasteiger charge is -2.20. The van der Waals surface area contributed by atoms with Crippen molar-refractivity contribution in [3.63, 3.8) is 0 Å². The summed E-state index contributed by atoms with van der Waals surface area (Å²) in [7, 11) is 2.18. The molecule has 1 N–H and O–H groups in total. The zero-order valence-electron chi connectivity index (χ0n) is 10.7. The Hall–Kier alpha value is -1.18. The zero-order chi connectivity index (χ0) is 11.7. The Morgan fingerprint density at radius 2 is 2.12 bits per heavy atom. The number of rotatable bonds is 1. The summed E-state index contributed by atoms with van der Waals surface area (Å²) in [5.74, 6) is 0.597. The van der Waals surface area contributed by atoms with E-state index in [1.54, 1.807) is 0 Å². The van der Waals surface area contributed by atoms with Gasteiger partial charge < -0.3 is 10.2 Å². The van der Waals surface area contributed by atoms with Crippen molar-refractivity contribution in [2.24, 2.45) is 0 Å². The number of nitrogens with one attached hydrogen (secondary N) is 1. The third-order valence-corrected chi connectivity index (χ3v) is 3.40. The Morgan fingerprint density at radius 3 is 2.81 bits per heavy atom. The highest BCUT2D eigenvalue weighted by atomic mass is 15.1. The first-order chi connectivity index (χ1) is 7.58. The van der Waals surface area contributed by atoms with Gasteiger partial charge in [0.2, 0.25) is 0 Å². The SMILES string of the molecule is CC1CCN(C)c2cc(C(C)C)ccc2N1. The second kappa shape index (κ2) is 4.36. The van der Waals surface area contributed by atoms with Crippen molar-refractivity contribution in [3.8, 4) is 0 Å². The van der Waals surface area contributed by atoms with Gasteiger partial charge in [-0.1, -0.05) is 19.9 Å². The van der Waals surface area contributed by atoms with Gasteiger partial charge in [0.15, 0.2) is 0 Å². The molecule has 0 spiro atoms. The van der Waals surface area contributed by atoms with Gasteiger partial charge in [0.25, 0.3) is 0 Å². The summed E-state index contributed by atoms with van der Waals surface area (Å²) in [5, 5.41) is 3.58. The first-order valence-electron chi connectivity index (χ1n) is 6.19. The van der Waals surface area contributed by atoms with E-state index in [1.165, 1.54) is 23.4 Å². The van der Waals surface area contributed by atoms with Gasteiger partial charge in [-0.2, -0.15) is 0 Å². The lowest BCUT2D eigenvalue weighted by atomic mass is 10.0. The Bertz CT molecular complexity index is 371. The summed E-state index contributed by atoms with van der Waals surface area (Å²) in [4.78, 5) is 2.36. The number of hydrogen-bond donors (Lipinski definition) is 1. The summed E-state index contributed by atoms with van der Waals surface area (Å²) in [5.41, 5.74) is 4.04. The maximum atomic E-state index is 3.58. The molecule has 1 aromatic rings. The number of fused-ring (bicyclic) bond motifs is 1. The molecule has 0 saturated carbocycles. The molecule has 1 aliphatic rings. The normalized spacial score (nSPS) is 20.3. The lowest BCUT2D eigenvalue weighted by molar-refractivity contribution is 0.711. The fourth-order valence-corrected chi connectivity index (χ4v) is 2.19. The average Bonchev–Trinajstić information content (AvgIpc) is 2.38. The summed E-state index contributed by atoms with van der Waals surface area (Å²) in [6, 6.07) is 7.35.